The lowest BCUT2D eigenvalue weighted by Crippen LogP contribution is -2.32. The van der Waals surface area contributed by atoms with Crippen LogP contribution in [0.1, 0.15) is 16.7 Å². The quantitative estimate of drug-likeness (QED) is 0.653. The zero-order valence-electron chi connectivity index (χ0n) is 16.1. The molecule has 3 aromatic rings. The van der Waals surface area contributed by atoms with Gasteiger partial charge in [0, 0.05) is 5.69 Å². The van der Waals surface area contributed by atoms with Crippen molar-refractivity contribution >= 4 is 28.8 Å². The SMILES string of the molecule is Cc1ccc(C2=C(Nc3cccc(F)c3)C(=O)N(c3cccc(C)c3)C2=O)cc1. The van der Waals surface area contributed by atoms with E-state index < -0.39 is 17.6 Å². The lowest BCUT2D eigenvalue weighted by Gasteiger charge is -2.16. The Morgan fingerprint density at radius 3 is 2.21 bits per heavy atom. The van der Waals surface area contributed by atoms with Crippen LogP contribution in [0.15, 0.2) is 78.5 Å². The molecule has 0 fully saturated rings. The predicted molar refractivity (Wildman–Crippen MR) is 112 cm³/mol. The summed E-state index contributed by atoms with van der Waals surface area (Å²) < 4.78 is 13.6. The molecule has 2 amide bonds. The molecule has 4 nitrogen and oxygen atoms in total. The maximum atomic E-state index is 13.6. The Morgan fingerprint density at radius 2 is 1.52 bits per heavy atom. The van der Waals surface area contributed by atoms with E-state index in [9.17, 15) is 14.0 Å². The standard InChI is InChI=1S/C24H19FN2O2/c1-15-9-11-17(12-10-15)21-22(26-19-7-4-6-18(25)14-19)24(29)27(23(21)28)20-8-3-5-16(2)13-20/h3-14,26H,1-2H3. The first kappa shape index (κ1) is 18.6. The molecule has 3 aromatic carbocycles. The minimum absolute atomic E-state index is 0.131. The van der Waals surface area contributed by atoms with Crippen molar-refractivity contribution in [2.24, 2.45) is 0 Å². The lowest BCUT2D eigenvalue weighted by atomic mass is 10.0. The van der Waals surface area contributed by atoms with Crippen LogP contribution in [-0.4, -0.2) is 11.8 Å². The highest BCUT2D eigenvalue weighted by molar-refractivity contribution is 6.46. The number of nitrogens with one attached hydrogen (secondary N) is 1. The van der Waals surface area contributed by atoms with Crippen molar-refractivity contribution in [2.75, 3.05) is 10.2 Å². The summed E-state index contributed by atoms with van der Waals surface area (Å²) in [5.74, 6) is -1.32. The number of imide groups is 1. The summed E-state index contributed by atoms with van der Waals surface area (Å²) in [4.78, 5) is 27.7. The van der Waals surface area contributed by atoms with Crippen LogP contribution < -0.4 is 10.2 Å². The number of amides is 2. The largest absolute Gasteiger partial charge is 0.350 e. The summed E-state index contributed by atoms with van der Waals surface area (Å²) in [5.41, 5.74) is 3.90. The monoisotopic (exact) mass is 386 g/mol. The number of hydrogen-bond donors (Lipinski definition) is 1. The number of halogens is 1. The smallest absolute Gasteiger partial charge is 0.282 e. The third-order valence-electron chi connectivity index (χ3n) is 4.78. The van der Waals surface area contributed by atoms with Crippen LogP contribution in [-0.2, 0) is 9.59 Å². The van der Waals surface area contributed by atoms with Crippen LogP contribution in [0.4, 0.5) is 15.8 Å². The zero-order chi connectivity index (χ0) is 20.5. The molecule has 0 aliphatic carbocycles. The highest BCUT2D eigenvalue weighted by Gasteiger charge is 2.40. The fraction of sp³-hybridized carbons (Fsp3) is 0.0833. The summed E-state index contributed by atoms with van der Waals surface area (Å²) in [5, 5.41) is 2.97. The van der Waals surface area contributed by atoms with Gasteiger partial charge in [-0.2, -0.15) is 0 Å². The fourth-order valence-corrected chi connectivity index (χ4v) is 3.35. The molecule has 1 aliphatic heterocycles. The molecule has 0 radical (unpaired) electrons. The average molecular weight is 386 g/mol. The van der Waals surface area contributed by atoms with Crippen LogP contribution in [0.25, 0.3) is 5.57 Å². The first-order valence-corrected chi connectivity index (χ1v) is 9.23. The van der Waals surface area contributed by atoms with Crippen LogP contribution in [0, 0.1) is 19.7 Å². The molecular formula is C24H19FN2O2. The van der Waals surface area contributed by atoms with Gasteiger partial charge in [-0.25, -0.2) is 9.29 Å². The fourth-order valence-electron chi connectivity index (χ4n) is 3.35. The normalized spacial score (nSPS) is 14.0. The first-order chi connectivity index (χ1) is 13.9. The van der Waals surface area contributed by atoms with Crippen molar-refractivity contribution < 1.29 is 14.0 Å². The van der Waals surface area contributed by atoms with E-state index in [0.717, 1.165) is 16.0 Å². The Labute approximate surface area is 168 Å². The van der Waals surface area contributed by atoms with Gasteiger partial charge in [-0.3, -0.25) is 9.59 Å². The van der Waals surface area contributed by atoms with E-state index in [4.69, 9.17) is 0 Å². The molecule has 5 heteroatoms. The zero-order valence-corrected chi connectivity index (χ0v) is 16.1. The van der Waals surface area contributed by atoms with Crippen molar-refractivity contribution in [3.05, 3.63) is 101 Å². The second-order valence-electron chi connectivity index (χ2n) is 7.04. The van der Waals surface area contributed by atoms with Crippen molar-refractivity contribution in [1.82, 2.24) is 0 Å². The van der Waals surface area contributed by atoms with Crippen LogP contribution in [0.5, 0.6) is 0 Å². The molecule has 0 aromatic heterocycles. The summed E-state index contributed by atoms with van der Waals surface area (Å²) in [6.45, 7) is 3.85. The van der Waals surface area contributed by atoms with E-state index in [1.807, 2.05) is 44.2 Å². The van der Waals surface area contributed by atoms with Gasteiger partial charge in [0.15, 0.2) is 0 Å². The Bertz CT molecular complexity index is 1150. The molecule has 144 valence electrons. The number of carbonyl (C=O) groups is 2. The maximum absolute atomic E-state index is 13.6. The Morgan fingerprint density at radius 1 is 0.793 bits per heavy atom. The number of aryl methyl sites for hydroxylation is 2. The van der Waals surface area contributed by atoms with E-state index in [1.165, 1.54) is 12.1 Å². The highest BCUT2D eigenvalue weighted by atomic mass is 19.1. The molecule has 0 atom stereocenters. The van der Waals surface area contributed by atoms with Gasteiger partial charge in [0.05, 0.1) is 11.3 Å². The van der Waals surface area contributed by atoms with Crippen LogP contribution in [0.3, 0.4) is 0 Å². The van der Waals surface area contributed by atoms with E-state index >= 15 is 0 Å². The molecule has 0 saturated carbocycles. The van der Waals surface area contributed by atoms with Gasteiger partial charge in [-0.15, -0.1) is 0 Å². The van der Waals surface area contributed by atoms with E-state index in [1.54, 1.807) is 30.3 Å². The minimum Gasteiger partial charge on any atom is -0.350 e. The average Bonchev–Trinajstić information content (AvgIpc) is 2.92. The van der Waals surface area contributed by atoms with Gasteiger partial charge >= 0.3 is 0 Å². The second kappa shape index (κ2) is 7.36. The Balaban J connectivity index is 1.83. The van der Waals surface area contributed by atoms with E-state index in [0.29, 0.717) is 16.9 Å². The van der Waals surface area contributed by atoms with E-state index in [2.05, 4.69) is 5.32 Å². The Hall–Kier alpha value is -3.73. The second-order valence-corrected chi connectivity index (χ2v) is 7.04. The van der Waals surface area contributed by atoms with Gasteiger partial charge in [0.2, 0.25) is 0 Å². The number of hydrogen-bond acceptors (Lipinski definition) is 3. The third-order valence-corrected chi connectivity index (χ3v) is 4.78. The van der Waals surface area contributed by atoms with Crippen LogP contribution >= 0.6 is 0 Å². The summed E-state index contributed by atoms with van der Waals surface area (Å²) in [7, 11) is 0. The topological polar surface area (TPSA) is 49.4 Å². The minimum atomic E-state index is -0.472. The van der Waals surface area contributed by atoms with Crippen molar-refractivity contribution in [2.45, 2.75) is 13.8 Å². The molecular weight excluding hydrogens is 367 g/mol. The van der Waals surface area contributed by atoms with Gasteiger partial charge in [-0.05, 0) is 55.3 Å². The summed E-state index contributed by atoms with van der Waals surface area (Å²) in [6, 6.07) is 20.4. The number of anilines is 2. The molecule has 0 bridgehead atoms. The molecule has 0 spiro atoms. The number of nitrogens with zero attached hydrogens (tertiary/aromatic N) is 1. The van der Waals surface area contributed by atoms with Crippen LogP contribution in [0.2, 0.25) is 0 Å². The van der Waals surface area contributed by atoms with Crippen molar-refractivity contribution in [3.63, 3.8) is 0 Å². The maximum Gasteiger partial charge on any atom is 0.282 e. The van der Waals surface area contributed by atoms with Crippen molar-refractivity contribution in [1.29, 1.82) is 0 Å². The number of rotatable bonds is 4. The molecule has 0 unspecified atom stereocenters. The lowest BCUT2D eigenvalue weighted by molar-refractivity contribution is -0.120. The van der Waals surface area contributed by atoms with Gasteiger partial charge in [-0.1, -0.05) is 48.0 Å². The van der Waals surface area contributed by atoms with Gasteiger partial charge < -0.3 is 5.32 Å². The number of carbonyl (C=O) groups excluding carboxylic acids is 2. The molecule has 4 rings (SSSR count). The molecule has 29 heavy (non-hydrogen) atoms. The van der Waals surface area contributed by atoms with Gasteiger partial charge in [0.1, 0.15) is 11.5 Å². The predicted octanol–water partition coefficient (Wildman–Crippen LogP) is 4.84. The highest BCUT2D eigenvalue weighted by Crippen LogP contribution is 2.34. The van der Waals surface area contributed by atoms with Gasteiger partial charge in [0.25, 0.3) is 11.8 Å². The molecule has 1 heterocycles. The molecule has 0 saturated heterocycles. The first-order valence-electron chi connectivity index (χ1n) is 9.23. The van der Waals surface area contributed by atoms with Crippen molar-refractivity contribution in [3.8, 4) is 0 Å². The number of benzene rings is 3. The van der Waals surface area contributed by atoms with E-state index in [-0.39, 0.29) is 11.3 Å². The molecule has 1 N–H and O–H groups in total. The third kappa shape index (κ3) is 3.55. The Kier molecular flexibility index (Phi) is 4.72. The summed E-state index contributed by atoms with van der Waals surface area (Å²) >= 11 is 0. The molecule has 1 aliphatic rings. The summed E-state index contributed by atoms with van der Waals surface area (Å²) in [6.07, 6.45) is 0.